The summed E-state index contributed by atoms with van der Waals surface area (Å²) < 4.78 is 5.96. The topological polar surface area (TPSA) is 55.4 Å². The van der Waals surface area contributed by atoms with E-state index in [-0.39, 0.29) is 25.0 Å². The minimum atomic E-state index is -0.398. The van der Waals surface area contributed by atoms with Gasteiger partial charge in [-0.1, -0.05) is 28.1 Å². The van der Waals surface area contributed by atoms with E-state index in [0.29, 0.717) is 0 Å². The second-order valence-electron chi connectivity index (χ2n) is 4.81. The van der Waals surface area contributed by atoms with Crippen LogP contribution in [0.4, 0.5) is 0 Å². The summed E-state index contributed by atoms with van der Waals surface area (Å²) in [6.07, 6.45) is 0.193. The van der Waals surface area contributed by atoms with Crippen molar-refractivity contribution < 1.29 is 14.3 Å². The molecule has 0 fully saturated rings. The van der Waals surface area contributed by atoms with E-state index in [4.69, 9.17) is 4.74 Å². The lowest BCUT2D eigenvalue weighted by Crippen LogP contribution is -2.31. The van der Waals surface area contributed by atoms with E-state index in [1.165, 1.54) is 11.3 Å². The number of thiophene rings is 1. The third-order valence-corrected chi connectivity index (χ3v) is 4.30. The largest absolute Gasteiger partial charge is 0.455 e. The first kappa shape index (κ1) is 16.7. The summed E-state index contributed by atoms with van der Waals surface area (Å²) in [5, 5.41) is 6.58. The summed E-state index contributed by atoms with van der Waals surface area (Å²) in [6.45, 7) is 1.62. The Labute approximate surface area is 141 Å². The Morgan fingerprint density at radius 2 is 2.00 bits per heavy atom. The normalized spacial score (nSPS) is 11.7. The zero-order chi connectivity index (χ0) is 15.9. The molecule has 116 valence electrons. The van der Waals surface area contributed by atoms with Crippen molar-refractivity contribution in [1.82, 2.24) is 5.32 Å². The molecule has 0 radical (unpaired) electrons. The van der Waals surface area contributed by atoms with Crippen molar-refractivity contribution in [2.45, 2.75) is 19.4 Å². The van der Waals surface area contributed by atoms with Gasteiger partial charge in [0.15, 0.2) is 6.61 Å². The molecule has 1 amide bonds. The van der Waals surface area contributed by atoms with Crippen molar-refractivity contribution >= 4 is 39.1 Å². The van der Waals surface area contributed by atoms with E-state index in [1.807, 2.05) is 48.0 Å². The SMILES string of the molecule is C[C@H](NC(=O)COC(=O)Cc1ccsc1)c1ccc(Br)cc1. The third-order valence-electron chi connectivity index (χ3n) is 3.04. The van der Waals surface area contributed by atoms with Crippen molar-refractivity contribution in [3.05, 3.63) is 56.7 Å². The second kappa shape index (κ2) is 8.10. The molecule has 2 aromatic rings. The highest BCUT2D eigenvalue weighted by atomic mass is 79.9. The van der Waals surface area contributed by atoms with Crippen LogP contribution in [0.15, 0.2) is 45.6 Å². The van der Waals surface area contributed by atoms with E-state index in [9.17, 15) is 9.59 Å². The Morgan fingerprint density at radius 3 is 2.64 bits per heavy atom. The van der Waals surface area contributed by atoms with Crippen LogP contribution in [0.3, 0.4) is 0 Å². The predicted octanol–water partition coefficient (Wildman–Crippen LogP) is 3.47. The Hall–Kier alpha value is -1.66. The van der Waals surface area contributed by atoms with E-state index in [1.54, 1.807) is 0 Å². The van der Waals surface area contributed by atoms with Gasteiger partial charge in [-0.05, 0) is 47.0 Å². The molecule has 1 atom stereocenters. The Balaban J connectivity index is 1.75. The molecule has 22 heavy (non-hydrogen) atoms. The highest BCUT2D eigenvalue weighted by Crippen LogP contribution is 2.16. The molecule has 0 unspecified atom stereocenters. The number of carbonyl (C=O) groups excluding carboxylic acids is 2. The number of halogens is 1. The van der Waals surface area contributed by atoms with Crippen LogP contribution < -0.4 is 5.32 Å². The summed E-state index contributed by atoms with van der Waals surface area (Å²) in [5.74, 6) is -0.709. The molecule has 4 nitrogen and oxygen atoms in total. The molecule has 1 heterocycles. The first-order valence-corrected chi connectivity index (χ1v) is 8.49. The highest BCUT2D eigenvalue weighted by Gasteiger charge is 2.12. The van der Waals surface area contributed by atoms with Gasteiger partial charge in [0, 0.05) is 4.47 Å². The molecule has 0 aliphatic heterocycles. The van der Waals surface area contributed by atoms with Crippen molar-refractivity contribution in [3.63, 3.8) is 0 Å². The van der Waals surface area contributed by atoms with Gasteiger partial charge >= 0.3 is 5.97 Å². The molecule has 2 rings (SSSR count). The number of rotatable bonds is 6. The highest BCUT2D eigenvalue weighted by molar-refractivity contribution is 9.10. The molecule has 1 aromatic carbocycles. The number of benzene rings is 1. The molecular formula is C16H16BrNO3S. The lowest BCUT2D eigenvalue weighted by Gasteiger charge is -2.14. The van der Waals surface area contributed by atoms with Gasteiger partial charge < -0.3 is 10.1 Å². The summed E-state index contributed by atoms with van der Waals surface area (Å²) >= 11 is 4.89. The predicted molar refractivity (Wildman–Crippen MR) is 89.7 cm³/mol. The standard InChI is InChI=1S/C16H16BrNO3S/c1-11(13-2-4-14(17)5-3-13)18-15(19)9-21-16(20)8-12-6-7-22-10-12/h2-7,10-11H,8-9H2,1H3,(H,18,19)/t11-/m0/s1. The Morgan fingerprint density at radius 1 is 1.27 bits per heavy atom. The molecule has 0 aliphatic carbocycles. The maximum Gasteiger partial charge on any atom is 0.310 e. The van der Waals surface area contributed by atoms with Gasteiger partial charge in [-0.2, -0.15) is 11.3 Å². The number of amides is 1. The van der Waals surface area contributed by atoms with E-state index < -0.39 is 5.97 Å². The summed E-state index contributed by atoms with van der Waals surface area (Å²) in [7, 11) is 0. The van der Waals surface area contributed by atoms with Gasteiger partial charge in [0.1, 0.15) is 0 Å². The minimum Gasteiger partial charge on any atom is -0.455 e. The molecule has 0 saturated carbocycles. The number of carbonyl (C=O) groups is 2. The van der Waals surface area contributed by atoms with E-state index in [2.05, 4.69) is 21.2 Å². The van der Waals surface area contributed by atoms with Gasteiger partial charge in [0.25, 0.3) is 5.91 Å². The van der Waals surface area contributed by atoms with Crippen molar-refractivity contribution in [2.24, 2.45) is 0 Å². The maximum atomic E-state index is 11.8. The number of hydrogen-bond donors (Lipinski definition) is 1. The van der Waals surface area contributed by atoms with Crippen LogP contribution in [0.2, 0.25) is 0 Å². The molecule has 0 bridgehead atoms. The zero-order valence-corrected chi connectivity index (χ0v) is 14.4. The smallest absolute Gasteiger partial charge is 0.310 e. The summed E-state index contributed by atoms with van der Waals surface area (Å²) in [4.78, 5) is 23.4. The van der Waals surface area contributed by atoms with Crippen LogP contribution in [0.5, 0.6) is 0 Å². The first-order valence-electron chi connectivity index (χ1n) is 6.76. The Bertz CT molecular complexity index is 625. The number of nitrogens with one attached hydrogen (secondary N) is 1. The van der Waals surface area contributed by atoms with Gasteiger partial charge in [-0.25, -0.2) is 0 Å². The first-order chi connectivity index (χ1) is 10.5. The van der Waals surface area contributed by atoms with Crippen molar-refractivity contribution in [1.29, 1.82) is 0 Å². The van der Waals surface area contributed by atoms with Gasteiger partial charge in [0.2, 0.25) is 0 Å². The fourth-order valence-electron chi connectivity index (χ4n) is 1.87. The third kappa shape index (κ3) is 5.27. The van der Waals surface area contributed by atoms with Crippen LogP contribution in [0.25, 0.3) is 0 Å². The fraction of sp³-hybridized carbons (Fsp3) is 0.250. The summed E-state index contributed by atoms with van der Waals surface area (Å²) in [6, 6.07) is 9.41. The van der Waals surface area contributed by atoms with Gasteiger partial charge in [-0.15, -0.1) is 0 Å². The van der Waals surface area contributed by atoms with E-state index >= 15 is 0 Å². The van der Waals surface area contributed by atoms with Crippen LogP contribution in [-0.4, -0.2) is 18.5 Å². The van der Waals surface area contributed by atoms with Crippen LogP contribution >= 0.6 is 27.3 Å². The molecule has 1 aromatic heterocycles. The molecule has 0 aliphatic rings. The summed E-state index contributed by atoms with van der Waals surface area (Å²) in [5.41, 5.74) is 1.89. The van der Waals surface area contributed by atoms with E-state index in [0.717, 1.165) is 15.6 Å². The molecular weight excluding hydrogens is 366 g/mol. The minimum absolute atomic E-state index is 0.142. The van der Waals surface area contributed by atoms with Gasteiger partial charge in [0.05, 0.1) is 12.5 Å². The zero-order valence-electron chi connectivity index (χ0n) is 12.0. The lowest BCUT2D eigenvalue weighted by molar-refractivity contribution is -0.148. The second-order valence-corrected chi connectivity index (χ2v) is 6.51. The number of hydrogen-bond acceptors (Lipinski definition) is 4. The van der Waals surface area contributed by atoms with Crippen LogP contribution in [0, 0.1) is 0 Å². The number of esters is 1. The quantitative estimate of drug-likeness (QED) is 0.779. The van der Waals surface area contributed by atoms with Crippen molar-refractivity contribution in [2.75, 3.05) is 6.61 Å². The average molecular weight is 382 g/mol. The molecule has 0 saturated heterocycles. The van der Waals surface area contributed by atoms with Gasteiger partial charge in [-0.3, -0.25) is 9.59 Å². The molecule has 1 N–H and O–H groups in total. The monoisotopic (exact) mass is 381 g/mol. The lowest BCUT2D eigenvalue weighted by atomic mass is 10.1. The fourth-order valence-corrected chi connectivity index (χ4v) is 2.81. The molecule has 6 heteroatoms. The van der Waals surface area contributed by atoms with Crippen molar-refractivity contribution in [3.8, 4) is 0 Å². The Kier molecular flexibility index (Phi) is 6.15. The molecule has 0 spiro atoms. The average Bonchev–Trinajstić information content (AvgIpc) is 2.98. The van der Waals surface area contributed by atoms with Crippen LogP contribution in [0.1, 0.15) is 24.1 Å². The maximum absolute atomic E-state index is 11.8. The van der Waals surface area contributed by atoms with Crippen LogP contribution in [-0.2, 0) is 20.7 Å². The number of ether oxygens (including phenoxy) is 1.